The van der Waals surface area contributed by atoms with Crippen LogP contribution in [0.15, 0.2) is 42.6 Å². The number of hydrogen-bond acceptors (Lipinski definition) is 3. The highest BCUT2D eigenvalue weighted by atomic mass is 16.2. The number of amides is 2. The quantitative estimate of drug-likeness (QED) is 0.928. The molecule has 5 rings (SSSR count). The van der Waals surface area contributed by atoms with Gasteiger partial charge in [0.25, 0.3) is 0 Å². The highest BCUT2D eigenvalue weighted by Crippen LogP contribution is 2.61. The summed E-state index contributed by atoms with van der Waals surface area (Å²) in [5, 5.41) is 2.96. The fourth-order valence-electron chi connectivity index (χ4n) is 4.69. The van der Waals surface area contributed by atoms with Gasteiger partial charge in [0.1, 0.15) is 5.82 Å². The first kappa shape index (κ1) is 15.6. The van der Waals surface area contributed by atoms with E-state index in [1.807, 2.05) is 6.07 Å². The highest BCUT2D eigenvalue weighted by Gasteiger charge is 2.61. The van der Waals surface area contributed by atoms with Crippen LogP contribution in [0.2, 0.25) is 0 Å². The van der Waals surface area contributed by atoms with Crippen molar-refractivity contribution in [2.45, 2.75) is 37.5 Å². The van der Waals surface area contributed by atoms with Crippen molar-refractivity contribution < 1.29 is 9.59 Å². The lowest BCUT2D eigenvalue weighted by atomic mass is 9.95. The number of pyridine rings is 1. The number of fused-ring (bicyclic) bond motifs is 2. The summed E-state index contributed by atoms with van der Waals surface area (Å²) in [6.07, 6.45) is 6.22. The van der Waals surface area contributed by atoms with E-state index >= 15 is 0 Å². The Hall–Kier alpha value is -2.69. The number of aryl methyl sites for hydroxylation is 1. The van der Waals surface area contributed by atoms with Gasteiger partial charge in [-0.15, -0.1) is 0 Å². The maximum absolute atomic E-state index is 12.7. The van der Waals surface area contributed by atoms with Crippen LogP contribution in [0.3, 0.4) is 0 Å². The molecule has 1 saturated carbocycles. The molecule has 0 radical (unpaired) electrons. The minimum absolute atomic E-state index is 0.0350. The predicted octanol–water partition coefficient (Wildman–Crippen LogP) is 3.05. The van der Waals surface area contributed by atoms with Gasteiger partial charge in [-0.2, -0.15) is 0 Å². The van der Waals surface area contributed by atoms with Crippen LogP contribution in [0, 0.1) is 5.92 Å². The second-order valence-electron chi connectivity index (χ2n) is 7.61. The van der Waals surface area contributed by atoms with Crippen LogP contribution in [0.4, 0.5) is 11.5 Å². The summed E-state index contributed by atoms with van der Waals surface area (Å²) in [7, 11) is 0. The molecule has 1 aliphatic heterocycles. The molecule has 0 bridgehead atoms. The zero-order chi connectivity index (χ0) is 17.7. The SMILES string of the molecule is O=C(Nc1ccc(N2CCCC2=O)cn1)[C@H]1C[C@@]12CCc1ccccc12. The summed E-state index contributed by atoms with van der Waals surface area (Å²) in [5.41, 5.74) is 3.59. The number of hydrogen-bond donors (Lipinski definition) is 1. The number of carbonyl (C=O) groups excluding carboxylic acids is 2. The fraction of sp³-hybridized carbons (Fsp3) is 0.381. The molecule has 2 aliphatic carbocycles. The van der Waals surface area contributed by atoms with Gasteiger partial charge in [-0.3, -0.25) is 9.59 Å². The van der Waals surface area contributed by atoms with Crippen LogP contribution < -0.4 is 10.2 Å². The molecule has 1 aromatic heterocycles. The van der Waals surface area contributed by atoms with Crippen molar-refractivity contribution in [2.75, 3.05) is 16.8 Å². The number of anilines is 2. The Balaban J connectivity index is 1.28. The molecule has 2 aromatic rings. The minimum Gasteiger partial charge on any atom is -0.311 e. The van der Waals surface area contributed by atoms with Crippen LogP contribution in [0.25, 0.3) is 0 Å². The average molecular weight is 347 g/mol. The maximum Gasteiger partial charge on any atom is 0.229 e. The second-order valence-corrected chi connectivity index (χ2v) is 7.61. The molecule has 1 N–H and O–H groups in total. The van der Waals surface area contributed by atoms with Crippen molar-refractivity contribution >= 4 is 23.3 Å². The third-order valence-electron chi connectivity index (χ3n) is 6.17. The molecule has 1 spiro atoms. The van der Waals surface area contributed by atoms with Crippen molar-refractivity contribution in [1.29, 1.82) is 0 Å². The van der Waals surface area contributed by atoms with Gasteiger partial charge in [-0.1, -0.05) is 24.3 Å². The van der Waals surface area contributed by atoms with E-state index in [-0.39, 0.29) is 23.1 Å². The molecule has 0 unspecified atom stereocenters. The van der Waals surface area contributed by atoms with Gasteiger partial charge >= 0.3 is 0 Å². The van der Waals surface area contributed by atoms with Gasteiger partial charge in [0.2, 0.25) is 11.8 Å². The van der Waals surface area contributed by atoms with Crippen LogP contribution in [-0.4, -0.2) is 23.3 Å². The predicted molar refractivity (Wildman–Crippen MR) is 99.0 cm³/mol. The van der Waals surface area contributed by atoms with E-state index in [0.29, 0.717) is 12.2 Å². The van der Waals surface area contributed by atoms with Crippen molar-refractivity contribution in [3.8, 4) is 0 Å². The maximum atomic E-state index is 12.7. The summed E-state index contributed by atoms with van der Waals surface area (Å²) in [4.78, 5) is 30.6. The first-order valence-corrected chi connectivity index (χ1v) is 9.33. The molecule has 3 aliphatic rings. The summed E-state index contributed by atoms with van der Waals surface area (Å²) in [6.45, 7) is 0.746. The largest absolute Gasteiger partial charge is 0.311 e. The standard InChI is InChI=1S/C21H21N3O2/c25-19-6-3-11-24(19)15-7-8-18(22-13-15)23-20(26)17-12-21(17)10-9-14-4-1-2-5-16(14)21/h1-2,4-5,7-8,13,17H,3,6,9-12H2,(H,22,23,26)/t17-,21-/m1/s1. The minimum atomic E-state index is 0.0350. The molecule has 2 atom stereocenters. The molecule has 5 heteroatoms. The number of aromatic nitrogens is 1. The summed E-state index contributed by atoms with van der Waals surface area (Å²) in [5.74, 6) is 0.786. The normalized spacial score (nSPS) is 26.2. The van der Waals surface area contributed by atoms with Gasteiger partial charge in [-0.05, 0) is 48.9 Å². The molecular formula is C21H21N3O2. The highest BCUT2D eigenvalue weighted by molar-refractivity contribution is 5.97. The van der Waals surface area contributed by atoms with Crippen molar-refractivity contribution in [3.05, 3.63) is 53.7 Å². The first-order valence-electron chi connectivity index (χ1n) is 9.33. The Kier molecular flexibility index (Phi) is 3.39. The Morgan fingerprint density at radius 2 is 2.08 bits per heavy atom. The first-order chi connectivity index (χ1) is 12.7. The van der Waals surface area contributed by atoms with Crippen LogP contribution >= 0.6 is 0 Å². The van der Waals surface area contributed by atoms with Gasteiger partial charge in [0, 0.05) is 24.3 Å². The Morgan fingerprint density at radius 3 is 2.85 bits per heavy atom. The van der Waals surface area contributed by atoms with Crippen LogP contribution in [0.1, 0.15) is 36.8 Å². The van der Waals surface area contributed by atoms with Gasteiger partial charge in [-0.25, -0.2) is 4.98 Å². The lowest BCUT2D eigenvalue weighted by Crippen LogP contribution is -2.24. The molecule has 2 amide bonds. The molecule has 5 nitrogen and oxygen atoms in total. The third-order valence-corrected chi connectivity index (χ3v) is 6.17. The Morgan fingerprint density at radius 1 is 1.19 bits per heavy atom. The average Bonchev–Trinajstić information content (AvgIpc) is 3.06. The van der Waals surface area contributed by atoms with E-state index < -0.39 is 0 Å². The van der Waals surface area contributed by atoms with E-state index in [0.717, 1.165) is 37.9 Å². The molecule has 2 fully saturated rings. The van der Waals surface area contributed by atoms with Gasteiger partial charge in [0.05, 0.1) is 11.9 Å². The molecule has 1 aromatic carbocycles. The topological polar surface area (TPSA) is 62.3 Å². The third kappa shape index (κ3) is 2.34. The smallest absolute Gasteiger partial charge is 0.229 e. The van der Waals surface area contributed by atoms with Gasteiger partial charge in [0.15, 0.2) is 0 Å². The monoisotopic (exact) mass is 347 g/mol. The summed E-state index contributed by atoms with van der Waals surface area (Å²) < 4.78 is 0. The number of rotatable bonds is 3. The summed E-state index contributed by atoms with van der Waals surface area (Å²) >= 11 is 0. The van der Waals surface area contributed by atoms with E-state index in [1.54, 1.807) is 17.2 Å². The number of carbonyl (C=O) groups is 2. The van der Waals surface area contributed by atoms with E-state index in [1.165, 1.54) is 11.1 Å². The Bertz CT molecular complexity index is 892. The fourth-order valence-corrected chi connectivity index (χ4v) is 4.69. The molecule has 1 saturated heterocycles. The molecule has 26 heavy (non-hydrogen) atoms. The van der Waals surface area contributed by atoms with Crippen molar-refractivity contribution in [1.82, 2.24) is 4.98 Å². The zero-order valence-corrected chi connectivity index (χ0v) is 14.6. The Labute approximate surface area is 152 Å². The number of nitrogens with zero attached hydrogens (tertiary/aromatic N) is 2. The molecule has 2 heterocycles. The second kappa shape index (κ2) is 5.66. The zero-order valence-electron chi connectivity index (χ0n) is 14.6. The van der Waals surface area contributed by atoms with E-state index in [9.17, 15) is 9.59 Å². The summed E-state index contributed by atoms with van der Waals surface area (Å²) in [6, 6.07) is 12.1. The number of nitrogens with one attached hydrogen (secondary N) is 1. The van der Waals surface area contributed by atoms with E-state index in [2.05, 4.69) is 34.6 Å². The molecular weight excluding hydrogens is 326 g/mol. The van der Waals surface area contributed by atoms with Crippen LogP contribution in [0.5, 0.6) is 0 Å². The van der Waals surface area contributed by atoms with E-state index in [4.69, 9.17) is 0 Å². The molecule has 132 valence electrons. The van der Waals surface area contributed by atoms with Crippen molar-refractivity contribution in [2.24, 2.45) is 5.92 Å². The van der Waals surface area contributed by atoms with Crippen molar-refractivity contribution in [3.63, 3.8) is 0 Å². The van der Waals surface area contributed by atoms with Crippen LogP contribution in [-0.2, 0) is 21.4 Å². The van der Waals surface area contributed by atoms with Gasteiger partial charge < -0.3 is 10.2 Å². The number of benzene rings is 1. The lowest BCUT2D eigenvalue weighted by Gasteiger charge is -2.15. The lowest BCUT2D eigenvalue weighted by molar-refractivity contribution is -0.118.